The number of sulfonamides is 1. The molecule has 8 heteroatoms. The number of hydrogen-bond donors (Lipinski definition) is 1. The Kier molecular flexibility index (Phi) is 6.68. The van der Waals surface area contributed by atoms with Crippen LogP contribution >= 0.6 is 0 Å². The van der Waals surface area contributed by atoms with Crippen LogP contribution in [0.2, 0.25) is 0 Å². The van der Waals surface area contributed by atoms with Gasteiger partial charge in [0, 0.05) is 19.2 Å². The average molecular weight is 392 g/mol. The molecule has 1 amide bonds. The molecule has 0 unspecified atom stereocenters. The molecule has 0 saturated heterocycles. The van der Waals surface area contributed by atoms with Crippen LogP contribution in [0.5, 0.6) is 11.5 Å². The standard InChI is InChI=1S/C19H24N2O5S/c1-21(27(4,23)24)16-7-5-6-15(13-16)20-19(22)11-9-14-8-10-17(25-2)18(12-14)26-3/h5-8,10,12-13H,9,11H2,1-4H3,(H,20,22). The summed E-state index contributed by atoms with van der Waals surface area (Å²) in [6.45, 7) is 0. The number of ether oxygens (including phenoxy) is 2. The zero-order valence-corrected chi connectivity index (χ0v) is 16.7. The van der Waals surface area contributed by atoms with E-state index in [0.717, 1.165) is 16.1 Å². The van der Waals surface area contributed by atoms with Gasteiger partial charge in [-0.15, -0.1) is 0 Å². The summed E-state index contributed by atoms with van der Waals surface area (Å²) in [6.07, 6.45) is 1.94. The molecule has 7 nitrogen and oxygen atoms in total. The fourth-order valence-corrected chi connectivity index (χ4v) is 2.99. The molecule has 2 rings (SSSR count). The van der Waals surface area contributed by atoms with E-state index in [1.54, 1.807) is 44.6 Å². The van der Waals surface area contributed by atoms with Crippen LogP contribution in [0, 0.1) is 0 Å². The van der Waals surface area contributed by atoms with Gasteiger partial charge < -0.3 is 14.8 Å². The lowest BCUT2D eigenvalue weighted by molar-refractivity contribution is -0.116. The Labute approximate surface area is 160 Å². The first-order valence-corrected chi connectivity index (χ1v) is 10.1. The molecular weight excluding hydrogens is 368 g/mol. The summed E-state index contributed by atoms with van der Waals surface area (Å²) in [5.74, 6) is 1.09. The number of nitrogens with one attached hydrogen (secondary N) is 1. The molecule has 1 N–H and O–H groups in total. The average Bonchev–Trinajstić information content (AvgIpc) is 2.64. The van der Waals surface area contributed by atoms with Crippen molar-refractivity contribution in [2.75, 3.05) is 37.1 Å². The normalized spacial score (nSPS) is 11.0. The van der Waals surface area contributed by atoms with Crippen molar-refractivity contribution < 1.29 is 22.7 Å². The van der Waals surface area contributed by atoms with Crippen molar-refractivity contribution in [1.82, 2.24) is 0 Å². The molecule has 0 radical (unpaired) electrons. The number of aryl methyl sites for hydroxylation is 1. The van der Waals surface area contributed by atoms with Gasteiger partial charge >= 0.3 is 0 Å². The maximum atomic E-state index is 12.2. The smallest absolute Gasteiger partial charge is 0.231 e. The lowest BCUT2D eigenvalue weighted by Crippen LogP contribution is -2.24. The highest BCUT2D eigenvalue weighted by atomic mass is 32.2. The Morgan fingerprint density at radius 2 is 1.78 bits per heavy atom. The minimum absolute atomic E-state index is 0.163. The minimum Gasteiger partial charge on any atom is -0.493 e. The van der Waals surface area contributed by atoms with Gasteiger partial charge in [0.1, 0.15) is 0 Å². The van der Waals surface area contributed by atoms with E-state index < -0.39 is 10.0 Å². The molecular formula is C19H24N2O5S. The van der Waals surface area contributed by atoms with E-state index in [0.29, 0.717) is 29.3 Å². The van der Waals surface area contributed by atoms with Gasteiger partial charge in [-0.3, -0.25) is 9.10 Å². The summed E-state index contributed by atoms with van der Waals surface area (Å²) >= 11 is 0. The first-order valence-electron chi connectivity index (χ1n) is 8.29. The number of anilines is 2. The molecule has 0 atom stereocenters. The number of carbonyl (C=O) groups excluding carboxylic acids is 1. The van der Waals surface area contributed by atoms with Gasteiger partial charge in [-0.2, -0.15) is 0 Å². The summed E-state index contributed by atoms with van der Waals surface area (Å²) in [6, 6.07) is 12.2. The molecule has 2 aromatic carbocycles. The Bertz CT molecular complexity index is 912. The van der Waals surface area contributed by atoms with Gasteiger partial charge in [-0.05, 0) is 42.3 Å². The van der Waals surface area contributed by atoms with Crippen molar-refractivity contribution in [3.05, 3.63) is 48.0 Å². The Balaban J connectivity index is 2.00. The lowest BCUT2D eigenvalue weighted by Gasteiger charge is -2.17. The van der Waals surface area contributed by atoms with Crippen LogP contribution in [0.25, 0.3) is 0 Å². The van der Waals surface area contributed by atoms with Gasteiger partial charge in [-0.25, -0.2) is 8.42 Å². The number of hydrogen-bond acceptors (Lipinski definition) is 5. The molecule has 2 aromatic rings. The second kappa shape index (κ2) is 8.77. The summed E-state index contributed by atoms with van der Waals surface area (Å²) in [5.41, 5.74) is 1.98. The number of nitrogens with zero attached hydrogens (tertiary/aromatic N) is 1. The van der Waals surface area contributed by atoms with Crippen LogP contribution in [-0.2, 0) is 21.2 Å². The fraction of sp³-hybridized carbons (Fsp3) is 0.316. The van der Waals surface area contributed by atoms with Crippen molar-refractivity contribution >= 4 is 27.3 Å². The first-order chi connectivity index (χ1) is 12.7. The largest absolute Gasteiger partial charge is 0.493 e. The zero-order valence-electron chi connectivity index (χ0n) is 15.9. The zero-order chi connectivity index (χ0) is 20.0. The third kappa shape index (κ3) is 5.62. The molecule has 0 fully saturated rings. The highest BCUT2D eigenvalue weighted by Gasteiger charge is 2.13. The van der Waals surface area contributed by atoms with E-state index in [-0.39, 0.29) is 12.3 Å². The number of methoxy groups -OCH3 is 2. The summed E-state index contributed by atoms with van der Waals surface area (Å²) < 4.78 is 34.9. The molecule has 0 bridgehead atoms. The Hall–Kier alpha value is -2.74. The van der Waals surface area contributed by atoms with Crippen LogP contribution in [0.4, 0.5) is 11.4 Å². The van der Waals surface area contributed by atoms with Crippen LogP contribution < -0.4 is 19.1 Å². The Morgan fingerprint density at radius 1 is 1.07 bits per heavy atom. The maximum absolute atomic E-state index is 12.2. The highest BCUT2D eigenvalue weighted by molar-refractivity contribution is 7.92. The topological polar surface area (TPSA) is 84.9 Å². The first kappa shape index (κ1) is 20.6. The van der Waals surface area contributed by atoms with Crippen molar-refractivity contribution in [2.24, 2.45) is 0 Å². The molecule has 27 heavy (non-hydrogen) atoms. The highest BCUT2D eigenvalue weighted by Crippen LogP contribution is 2.28. The van der Waals surface area contributed by atoms with Crippen molar-refractivity contribution in [2.45, 2.75) is 12.8 Å². The van der Waals surface area contributed by atoms with E-state index in [4.69, 9.17) is 9.47 Å². The van der Waals surface area contributed by atoms with E-state index in [1.807, 2.05) is 12.1 Å². The lowest BCUT2D eigenvalue weighted by atomic mass is 10.1. The quantitative estimate of drug-likeness (QED) is 0.747. The number of amides is 1. The van der Waals surface area contributed by atoms with Crippen LogP contribution in [0.15, 0.2) is 42.5 Å². The van der Waals surface area contributed by atoms with Crippen LogP contribution in [0.1, 0.15) is 12.0 Å². The second-order valence-electron chi connectivity index (χ2n) is 6.02. The molecule has 0 aromatic heterocycles. The maximum Gasteiger partial charge on any atom is 0.231 e. The predicted molar refractivity (Wildman–Crippen MR) is 106 cm³/mol. The van der Waals surface area contributed by atoms with Crippen molar-refractivity contribution in [1.29, 1.82) is 0 Å². The SMILES string of the molecule is COc1ccc(CCC(=O)Nc2cccc(N(C)S(C)(=O)=O)c2)cc1OC. The summed E-state index contributed by atoms with van der Waals surface area (Å²) in [7, 11) is 1.24. The van der Waals surface area contributed by atoms with Crippen molar-refractivity contribution in [3.63, 3.8) is 0 Å². The Morgan fingerprint density at radius 3 is 2.41 bits per heavy atom. The monoisotopic (exact) mass is 392 g/mol. The third-order valence-corrected chi connectivity index (χ3v) is 5.29. The fourth-order valence-electron chi connectivity index (χ4n) is 2.49. The molecule has 146 valence electrons. The molecule has 0 aliphatic heterocycles. The van der Waals surface area contributed by atoms with Gasteiger partial charge in [0.05, 0.1) is 26.2 Å². The summed E-state index contributed by atoms with van der Waals surface area (Å²) in [5, 5.41) is 2.79. The van der Waals surface area contributed by atoms with E-state index in [9.17, 15) is 13.2 Å². The van der Waals surface area contributed by atoms with Gasteiger partial charge in [0.15, 0.2) is 11.5 Å². The molecule has 0 aliphatic rings. The molecule has 0 spiro atoms. The summed E-state index contributed by atoms with van der Waals surface area (Å²) in [4.78, 5) is 12.2. The van der Waals surface area contributed by atoms with E-state index >= 15 is 0 Å². The van der Waals surface area contributed by atoms with E-state index in [1.165, 1.54) is 7.05 Å². The number of rotatable bonds is 8. The number of carbonyl (C=O) groups is 1. The van der Waals surface area contributed by atoms with Gasteiger partial charge in [0.2, 0.25) is 15.9 Å². The van der Waals surface area contributed by atoms with Crippen LogP contribution in [-0.4, -0.2) is 41.8 Å². The van der Waals surface area contributed by atoms with Crippen molar-refractivity contribution in [3.8, 4) is 11.5 Å². The molecule has 0 heterocycles. The predicted octanol–water partition coefficient (Wildman–Crippen LogP) is 2.67. The van der Waals surface area contributed by atoms with Gasteiger partial charge in [0.25, 0.3) is 0 Å². The number of benzene rings is 2. The molecule has 0 aliphatic carbocycles. The van der Waals surface area contributed by atoms with E-state index in [2.05, 4.69) is 5.32 Å². The van der Waals surface area contributed by atoms with Gasteiger partial charge in [-0.1, -0.05) is 12.1 Å². The minimum atomic E-state index is -3.36. The molecule has 0 saturated carbocycles. The van der Waals surface area contributed by atoms with Crippen LogP contribution in [0.3, 0.4) is 0 Å². The second-order valence-corrected chi connectivity index (χ2v) is 8.03. The third-order valence-electron chi connectivity index (χ3n) is 4.08.